The number of hydrogen-bond donors (Lipinski definition) is 0. The largest absolute Gasteiger partial charge is 0.497 e. The maximum absolute atomic E-state index is 12.9. The van der Waals surface area contributed by atoms with Gasteiger partial charge in [-0.1, -0.05) is 12.1 Å². The third-order valence-electron chi connectivity index (χ3n) is 4.69. The highest BCUT2D eigenvalue weighted by molar-refractivity contribution is 5.94. The molecule has 0 saturated carbocycles. The first-order chi connectivity index (χ1) is 12.7. The lowest BCUT2D eigenvalue weighted by Crippen LogP contribution is -2.36. The number of nitrogens with zero attached hydrogens (tertiary/aromatic N) is 3. The van der Waals surface area contributed by atoms with Gasteiger partial charge in [-0.25, -0.2) is 4.98 Å². The van der Waals surface area contributed by atoms with Crippen molar-refractivity contribution in [3.63, 3.8) is 0 Å². The minimum absolute atomic E-state index is 0.119. The molecular weight excluding hydrogens is 330 g/mol. The Hall–Kier alpha value is -3.15. The molecule has 0 saturated heterocycles. The van der Waals surface area contributed by atoms with Crippen LogP contribution in [0.4, 0.5) is 0 Å². The van der Waals surface area contributed by atoms with Gasteiger partial charge in [-0.2, -0.15) is 0 Å². The summed E-state index contributed by atoms with van der Waals surface area (Å²) >= 11 is 0. The summed E-state index contributed by atoms with van der Waals surface area (Å²) in [6.45, 7) is 1.10. The number of carbonyl (C=O) groups excluding carboxylic acids is 1. The van der Waals surface area contributed by atoms with Crippen LogP contribution in [0.3, 0.4) is 0 Å². The minimum atomic E-state index is -0.119. The van der Waals surface area contributed by atoms with E-state index in [9.17, 15) is 4.79 Å². The first-order valence-electron chi connectivity index (χ1n) is 8.44. The van der Waals surface area contributed by atoms with E-state index in [0.717, 1.165) is 40.1 Å². The molecule has 4 rings (SSSR count). The number of para-hydroxylation sites is 2. The molecule has 1 aliphatic rings. The summed E-state index contributed by atoms with van der Waals surface area (Å²) in [4.78, 5) is 23.5. The third-order valence-corrected chi connectivity index (χ3v) is 4.69. The lowest BCUT2D eigenvalue weighted by molar-refractivity contribution is 0.0727. The Morgan fingerprint density at radius 2 is 1.92 bits per heavy atom. The van der Waals surface area contributed by atoms with Gasteiger partial charge in [0.1, 0.15) is 17.2 Å². The number of aromatic nitrogens is 2. The average Bonchev–Trinajstić information content (AvgIpc) is 2.71. The van der Waals surface area contributed by atoms with Crippen LogP contribution in [0.15, 0.2) is 42.6 Å². The van der Waals surface area contributed by atoms with Gasteiger partial charge in [0.2, 0.25) is 0 Å². The van der Waals surface area contributed by atoms with Crippen molar-refractivity contribution in [2.24, 2.45) is 0 Å². The van der Waals surface area contributed by atoms with E-state index in [0.29, 0.717) is 18.8 Å². The molecule has 1 aromatic heterocycles. The fourth-order valence-corrected chi connectivity index (χ4v) is 3.30. The number of methoxy groups -OCH3 is 2. The van der Waals surface area contributed by atoms with Crippen molar-refractivity contribution in [1.29, 1.82) is 0 Å². The maximum Gasteiger partial charge on any atom is 0.274 e. The Morgan fingerprint density at radius 3 is 2.69 bits per heavy atom. The summed E-state index contributed by atoms with van der Waals surface area (Å²) in [6.07, 6.45) is 2.29. The predicted octanol–water partition coefficient (Wildman–Crippen LogP) is 2.85. The van der Waals surface area contributed by atoms with Crippen LogP contribution in [-0.2, 0) is 13.0 Å². The van der Waals surface area contributed by atoms with E-state index < -0.39 is 0 Å². The molecule has 132 valence electrons. The highest BCUT2D eigenvalue weighted by Crippen LogP contribution is 2.33. The molecule has 2 heterocycles. The molecule has 6 heteroatoms. The fraction of sp³-hybridized carbons (Fsp3) is 0.250. The van der Waals surface area contributed by atoms with Gasteiger partial charge in [0, 0.05) is 24.7 Å². The molecule has 2 aromatic carbocycles. The van der Waals surface area contributed by atoms with Crippen LogP contribution < -0.4 is 9.47 Å². The Kier molecular flexibility index (Phi) is 4.16. The number of fused-ring (bicyclic) bond motifs is 2. The molecular formula is C20H19N3O3. The molecule has 0 N–H and O–H groups in total. The van der Waals surface area contributed by atoms with E-state index in [1.165, 1.54) is 0 Å². The topological polar surface area (TPSA) is 64.6 Å². The summed E-state index contributed by atoms with van der Waals surface area (Å²) in [6, 6.07) is 11.4. The van der Waals surface area contributed by atoms with Gasteiger partial charge in [0.25, 0.3) is 5.91 Å². The van der Waals surface area contributed by atoms with Gasteiger partial charge in [0.05, 0.1) is 31.4 Å². The molecule has 0 atom stereocenters. The molecule has 0 fully saturated rings. The van der Waals surface area contributed by atoms with E-state index in [4.69, 9.17) is 9.47 Å². The Bertz CT molecular complexity index is 970. The summed E-state index contributed by atoms with van der Waals surface area (Å²) in [7, 11) is 3.27. The second-order valence-corrected chi connectivity index (χ2v) is 6.19. The third kappa shape index (κ3) is 2.83. The van der Waals surface area contributed by atoms with Crippen LogP contribution in [-0.4, -0.2) is 41.5 Å². The Labute approximate surface area is 151 Å². The second kappa shape index (κ2) is 6.63. The first kappa shape index (κ1) is 16.3. The molecule has 0 bridgehead atoms. The first-order valence-corrected chi connectivity index (χ1v) is 8.44. The van der Waals surface area contributed by atoms with Gasteiger partial charge in [-0.05, 0) is 30.2 Å². The van der Waals surface area contributed by atoms with Crippen molar-refractivity contribution >= 4 is 16.9 Å². The standard InChI is InChI=1S/C20H19N3O3/c1-25-14-9-13-7-8-23(12-15(13)19(10-14)26-2)20(24)18-11-21-16-5-3-4-6-17(16)22-18/h3-6,9-11H,7-8,12H2,1-2H3. The Morgan fingerprint density at radius 1 is 1.12 bits per heavy atom. The average molecular weight is 349 g/mol. The SMILES string of the molecule is COc1cc2c(c(OC)c1)CN(C(=O)c1cnc3ccccc3n1)CC2. The maximum atomic E-state index is 12.9. The molecule has 1 aliphatic heterocycles. The fourth-order valence-electron chi connectivity index (χ4n) is 3.30. The number of ether oxygens (including phenoxy) is 2. The number of rotatable bonds is 3. The zero-order chi connectivity index (χ0) is 18.1. The molecule has 0 unspecified atom stereocenters. The van der Waals surface area contributed by atoms with Gasteiger partial charge in [-0.15, -0.1) is 0 Å². The molecule has 26 heavy (non-hydrogen) atoms. The number of hydrogen-bond acceptors (Lipinski definition) is 5. The van der Waals surface area contributed by atoms with E-state index in [1.54, 1.807) is 25.3 Å². The highest BCUT2D eigenvalue weighted by Gasteiger charge is 2.26. The highest BCUT2D eigenvalue weighted by atomic mass is 16.5. The van der Waals surface area contributed by atoms with Crippen molar-refractivity contribution in [3.8, 4) is 11.5 Å². The van der Waals surface area contributed by atoms with Crippen molar-refractivity contribution in [2.75, 3.05) is 20.8 Å². The van der Waals surface area contributed by atoms with E-state index in [-0.39, 0.29) is 5.91 Å². The predicted molar refractivity (Wildman–Crippen MR) is 97.5 cm³/mol. The van der Waals surface area contributed by atoms with Gasteiger partial charge >= 0.3 is 0 Å². The monoisotopic (exact) mass is 349 g/mol. The van der Waals surface area contributed by atoms with Crippen LogP contribution >= 0.6 is 0 Å². The molecule has 0 spiro atoms. The van der Waals surface area contributed by atoms with Crippen LogP contribution in [0, 0.1) is 0 Å². The zero-order valence-corrected chi connectivity index (χ0v) is 14.7. The summed E-state index contributed by atoms with van der Waals surface area (Å²) < 4.78 is 10.8. The van der Waals surface area contributed by atoms with Gasteiger partial charge in [0.15, 0.2) is 0 Å². The zero-order valence-electron chi connectivity index (χ0n) is 14.7. The second-order valence-electron chi connectivity index (χ2n) is 6.19. The molecule has 1 amide bonds. The van der Waals surface area contributed by atoms with Gasteiger partial charge in [-0.3, -0.25) is 9.78 Å². The van der Waals surface area contributed by atoms with E-state index >= 15 is 0 Å². The van der Waals surface area contributed by atoms with Crippen LogP contribution in [0.5, 0.6) is 11.5 Å². The summed E-state index contributed by atoms with van der Waals surface area (Å²) in [5.74, 6) is 1.38. The van der Waals surface area contributed by atoms with Crippen molar-refractivity contribution < 1.29 is 14.3 Å². The quantitative estimate of drug-likeness (QED) is 0.727. The van der Waals surface area contributed by atoms with Crippen molar-refractivity contribution in [3.05, 3.63) is 59.4 Å². The Balaban J connectivity index is 1.64. The lowest BCUT2D eigenvalue weighted by Gasteiger charge is -2.30. The normalized spacial score (nSPS) is 13.4. The van der Waals surface area contributed by atoms with Crippen LogP contribution in [0.1, 0.15) is 21.6 Å². The van der Waals surface area contributed by atoms with Crippen LogP contribution in [0.2, 0.25) is 0 Å². The van der Waals surface area contributed by atoms with E-state index in [1.807, 2.05) is 36.4 Å². The van der Waals surface area contributed by atoms with Crippen molar-refractivity contribution in [1.82, 2.24) is 14.9 Å². The molecule has 0 aliphatic carbocycles. The summed E-state index contributed by atoms with van der Waals surface area (Å²) in [5, 5.41) is 0. The van der Waals surface area contributed by atoms with Crippen molar-refractivity contribution in [2.45, 2.75) is 13.0 Å². The molecule has 6 nitrogen and oxygen atoms in total. The molecule has 0 radical (unpaired) electrons. The lowest BCUT2D eigenvalue weighted by atomic mass is 9.98. The minimum Gasteiger partial charge on any atom is -0.497 e. The number of carbonyl (C=O) groups is 1. The van der Waals surface area contributed by atoms with E-state index in [2.05, 4.69) is 9.97 Å². The van der Waals surface area contributed by atoms with Gasteiger partial charge < -0.3 is 14.4 Å². The van der Waals surface area contributed by atoms with Crippen LogP contribution in [0.25, 0.3) is 11.0 Å². The number of benzene rings is 2. The number of amides is 1. The smallest absolute Gasteiger partial charge is 0.274 e. The summed E-state index contributed by atoms with van der Waals surface area (Å²) in [5.41, 5.74) is 4.02. The molecule has 3 aromatic rings.